The van der Waals surface area contributed by atoms with Crippen LogP contribution in [0, 0.1) is 0 Å². The van der Waals surface area contributed by atoms with Crippen molar-refractivity contribution in [3.05, 3.63) is 115 Å². The molecule has 1 aliphatic rings. The van der Waals surface area contributed by atoms with Crippen molar-refractivity contribution in [1.29, 1.82) is 0 Å². The highest BCUT2D eigenvalue weighted by Gasteiger charge is 2.39. The van der Waals surface area contributed by atoms with E-state index in [0.717, 1.165) is 0 Å². The zero-order chi connectivity index (χ0) is 18.1. The molecule has 1 heterocycles. The zero-order valence-corrected chi connectivity index (χ0v) is 15.7. The van der Waals surface area contributed by atoms with Crippen LogP contribution in [0.3, 0.4) is 0 Å². The third-order valence-electron chi connectivity index (χ3n) is 4.71. The first-order valence-corrected chi connectivity index (χ1v) is 10.3. The molecule has 0 amide bonds. The Balaban J connectivity index is 1.77. The maximum atomic E-state index is 2.49. The lowest BCUT2D eigenvalue weighted by Gasteiger charge is -2.32. The standard InChI is InChI=1S/C24H19N2P/c1-4-12-20(13-5-1)25-23-18-10-11-19-24(23)26(21-14-6-2-7-15-21)27(25)22-16-8-3-9-17-22/h1-19H. The molecule has 4 aromatic carbocycles. The van der Waals surface area contributed by atoms with E-state index in [0.29, 0.717) is 0 Å². The molecule has 5 rings (SSSR count). The third kappa shape index (κ3) is 2.79. The van der Waals surface area contributed by atoms with Gasteiger partial charge in [-0.15, -0.1) is 0 Å². The van der Waals surface area contributed by atoms with Gasteiger partial charge in [-0.05, 0) is 36.4 Å². The van der Waals surface area contributed by atoms with Gasteiger partial charge in [0.15, 0.2) is 0 Å². The first-order valence-electron chi connectivity index (χ1n) is 9.08. The maximum Gasteiger partial charge on any atom is 0.138 e. The molecule has 0 N–H and O–H groups in total. The lowest BCUT2D eigenvalue weighted by atomic mass is 10.2. The second-order valence-corrected chi connectivity index (χ2v) is 8.30. The summed E-state index contributed by atoms with van der Waals surface area (Å²) in [7, 11) is -0.780. The fourth-order valence-electron chi connectivity index (χ4n) is 3.54. The van der Waals surface area contributed by atoms with Crippen molar-refractivity contribution >= 4 is 36.3 Å². The summed E-state index contributed by atoms with van der Waals surface area (Å²) in [5.41, 5.74) is 4.95. The SMILES string of the molecule is c1ccc(N2c3ccccc3N(c3ccccc3)P2c2ccccc2)cc1. The van der Waals surface area contributed by atoms with Crippen molar-refractivity contribution in [1.82, 2.24) is 0 Å². The van der Waals surface area contributed by atoms with Gasteiger partial charge < -0.3 is 0 Å². The van der Waals surface area contributed by atoms with Crippen LogP contribution >= 0.6 is 8.22 Å². The summed E-state index contributed by atoms with van der Waals surface area (Å²) in [5.74, 6) is 0. The van der Waals surface area contributed by atoms with E-state index >= 15 is 0 Å². The number of nitrogens with zero attached hydrogens (tertiary/aromatic N) is 2. The van der Waals surface area contributed by atoms with E-state index in [4.69, 9.17) is 0 Å². The zero-order valence-electron chi connectivity index (χ0n) is 14.8. The van der Waals surface area contributed by atoms with Crippen LogP contribution in [0.2, 0.25) is 0 Å². The molecule has 0 unspecified atom stereocenters. The predicted molar refractivity (Wildman–Crippen MR) is 117 cm³/mol. The van der Waals surface area contributed by atoms with Gasteiger partial charge in [0.05, 0.1) is 11.4 Å². The van der Waals surface area contributed by atoms with Crippen molar-refractivity contribution < 1.29 is 0 Å². The third-order valence-corrected chi connectivity index (χ3v) is 7.12. The number of anilines is 4. The Labute approximate surface area is 161 Å². The molecule has 0 spiro atoms. The summed E-state index contributed by atoms with van der Waals surface area (Å²) >= 11 is 0. The number of fused-ring (bicyclic) bond motifs is 1. The van der Waals surface area contributed by atoms with Crippen molar-refractivity contribution in [3.63, 3.8) is 0 Å². The van der Waals surface area contributed by atoms with E-state index in [1.165, 1.54) is 28.1 Å². The summed E-state index contributed by atoms with van der Waals surface area (Å²) in [6, 6.07) is 40.9. The molecule has 2 nitrogen and oxygen atoms in total. The summed E-state index contributed by atoms with van der Waals surface area (Å²) in [6.07, 6.45) is 0. The van der Waals surface area contributed by atoms with Crippen molar-refractivity contribution in [2.45, 2.75) is 0 Å². The summed E-state index contributed by atoms with van der Waals surface area (Å²) in [5, 5.41) is 1.33. The molecule has 1 aliphatic heterocycles. The Morgan fingerprint density at radius 3 is 1.22 bits per heavy atom. The van der Waals surface area contributed by atoms with Gasteiger partial charge in [-0.3, -0.25) is 9.34 Å². The molecule has 3 heteroatoms. The van der Waals surface area contributed by atoms with Gasteiger partial charge in [0.1, 0.15) is 8.22 Å². The lowest BCUT2D eigenvalue weighted by Crippen LogP contribution is -2.21. The molecule has 0 bridgehead atoms. The van der Waals surface area contributed by atoms with Crippen LogP contribution in [-0.4, -0.2) is 0 Å². The highest BCUT2D eigenvalue weighted by molar-refractivity contribution is 7.70. The number of rotatable bonds is 3. The van der Waals surface area contributed by atoms with Crippen molar-refractivity contribution in [2.24, 2.45) is 0 Å². The van der Waals surface area contributed by atoms with Crippen molar-refractivity contribution in [3.8, 4) is 0 Å². The molecular weight excluding hydrogens is 347 g/mol. The van der Waals surface area contributed by atoms with Gasteiger partial charge in [-0.1, -0.05) is 78.9 Å². The normalized spacial score (nSPS) is 13.6. The van der Waals surface area contributed by atoms with Gasteiger partial charge in [-0.2, -0.15) is 0 Å². The van der Waals surface area contributed by atoms with E-state index in [2.05, 4.69) is 125 Å². The summed E-state index contributed by atoms with van der Waals surface area (Å²) in [4.78, 5) is 0. The highest BCUT2D eigenvalue weighted by atomic mass is 31.1. The molecule has 0 saturated heterocycles. The van der Waals surface area contributed by atoms with Crippen LogP contribution in [0.4, 0.5) is 22.7 Å². The molecule has 0 radical (unpaired) electrons. The molecule has 27 heavy (non-hydrogen) atoms. The first-order chi connectivity index (χ1) is 13.4. The second kappa shape index (κ2) is 6.90. The average Bonchev–Trinajstić information content (AvgIpc) is 3.11. The van der Waals surface area contributed by atoms with Crippen LogP contribution < -0.4 is 14.6 Å². The van der Waals surface area contributed by atoms with E-state index in [9.17, 15) is 0 Å². The van der Waals surface area contributed by atoms with Gasteiger partial charge in [0.2, 0.25) is 0 Å². The van der Waals surface area contributed by atoms with Crippen LogP contribution in [-0.2, 0) is 0 Å². The molecule has 0 aliphatic carbocycles. The van der Waals surface area contributed by atoms with Gasteiger partial charge >= 0.3 is 0 Å². The minimum Gasteiger partial charge on any atom is -0.297 e. The molecule has 4 aromatic rings. The molecule has 0 atom stereocenters. The Hall–Kier alpha value is -3.09. The highest BCUT2D eigenvalue weighted by Crippen LogP contribution is 2.64. The van der Waals surface area contributed by atoms with E-state index < -0.39 is 8.22 Å². The smallest absolute Gasteiger partial charge is 0.138 e. The minimum absolute atomic E-state index is 0.780. The number of para-hydroxylation sites is 4. The van der Waals surface area contributed by atoms with Gasteiger partial charge in [-0.25, -0.2) is 0 Å². The Morgan fingerprint density at radius 2 is 0.778 bits per heavy atom. The molecule has 130 valence electrons. The summed E-state index contributed by atoms with van der Waals surface area (Å²) < 4.78 is 4.99. The van der Waals surface area contributed by atoms with Gasteiger partial charge in [0, 0.05) is 16.7 Å². The van der Waals surface area contributed by atoms with E-state index in [1.807, 2.05) is 0 Å². The lowest BCUT2D eigenvalue weighted by molar-refractivity contribution is 1.44. The summed E-state index contributed by atoms with van der Waals surface area (Å²) in [6.45, 7) is 0. The predicted octanol–water partition coefficient (Wildman–Crippen LogP) is 6.61. The van der Waals surface area contributed by atoms with Crippen LogP contribution in [0.15, 0.2) is 115 Å². The Kier molecular flexibility index (Phi) is 4.12. The van der Waals surface area contributed by atoms with E-state index in [1.54, 1.807) is 0 Å². The molecule has 0 saturated carbocycles. The van der Waals surface area contributed by atoms with E-state index in [-0.39, 0.29) is 0 Å². The number of benzene rings is 4. The molecular formula is C24H19N2P. The maximum absolute atomic E-state index is 2.49. The van der Waals surface area contributed by atoms with Crippen LogP contribution in [0.25, 0.3) is 0 Å². The fourth-order valence-corrected chi connectivity index (χ4v) is 6.07. The largest absolute Gasteiger partial charge is 0.297 e. The van der Waals surface area contributed by atoms with Crippen molar-refractivity contribution in [2.75, 3.05) is 9.34 Å². The Bertz CT molecular complexity index is 969. The monoisotopic (exact) mass is 366 g/mol. The average molecular weight is 366 g/mol. The second-order valence-electron chi connectivity index (χ2n) is 6.41. The first kappa shape index (κ1) is 16.1. The molecule has 0 aromatic heterocycles. The Morgan fingerprint density at radius 1 is 0.407 bits per heavy atom. The fraction of sp³-hybridized carbons (Fsp3) is 0. The number of hydrogen-bond donors (Lipinski definition) is 0. The quantitative estimate of drug-likeness (QED) is 0.376. The van der Waals surface area contributed by atoms with Crippen LogP contribution in [0.1, 0.15) is 0 Å². The topological polar surface area (TPSA) is 6.48 Å². The molecule has 0 fully saturated rings. The van der Waals surface area contributed by atoms with Gasteiger partial charge in [0.25, 0.3) is 0 Å². The minimum atomic E-state index is -0.780. The van der Waals surface area contributed by atoms with Crippen LogP contribution in [0.5, 0.6) is 0 Å². The number of hydrogen-bond acceptors (Lipinski definition) is 2.